The molecule has 2 aromatic rings. The van der Waals surface area contributed by atoms with Gasteiger partial charge in [0.2, 0.25) is 21.8 Å². The first-order valence-corrected chi connectivity index (χ1v) is 16.0. The molecular formula is C28H35Cl2F2N3O4S. The molecule has 2 aromatic carbocycles. The summed E-state index contributed by atoms with van der Waals surface area (Å²) in [7, 11) is -3.86. The molecule has 0 unspecified atom stereocenters. The van der Waals surface area contributed by atoms with Crippen molar-refractivity contribution in [1.29, 1.82) is 0 Å². The Labute approximate surface area is 244 Å². The Bertz CT molecular complexity index is 1290. The summed E-state index contributed by atoms with van der Waals surface area (Å²) in [6.45, 7) is 1.66. The van der Waals surface area contributed by atoms with Gasteiger partial charge in [0.1, 0.15) is 6.04 Å². The third-order valence-electron chi connectivity index (χ3n) is 7.07. The van der Waals surface area contributed by atoms with Crippen LogP contribution in [0.3, 0.4) is 0 Å². The maximum absolute atomic E-state index is 13.8. The Morgan fingerprint density at radius 1 is 1.05 bits per heavy atom. The highest BCUT2D eigenvalue weighted by atomic mass is 35.5. The predicted molar refractivity (Wildman–Crippen MR) is 154 cm³/mol. The van der Waals surface area contributed by atoms with E-state index in [1.54, 1.807) is 18.2 Å². The van der Waals surface area contributed by atoms with E-state index in [9.17, 15) is 26.8 Å². The standard InChI is InChI=1S/C28H35Cl2F2N3O4S/c1-3-26(28(37)33-19-9-5-4-6-10-19)34(18-21-22(29)11-7-12-23(21)30)27(36)13-8-16-35(40(2,38)39)20-14-15-24(31)25(32)17-20/h7,11-12,14-15,17,19,26H,3-6,8-10,13,16,18H2,1-2H3,(H,33,37)/t26-/m1/s1. The van der Waals surface area contributed by atoms with Crippen LogP contribution in [0.15, 0.2) is 36.4 Å². The van der Waals surface area contributed by atoms with Gasteiger partial charge in [-0.1, -0.05) is 55.5 Å². The van der Waals surface area contributed by atoms with Crippen LogP contribution in [-0.2, 0) is 26.2 Å². The van der Waals surface area contributed by atoms with E-state index in [1.165, 1.54) is 4.90 Å². The highest BCUT2D eigenvalue weighted by molar-refractivity contribution is 7.92. The van der Waals surface area contributed by atoms with Crippen molar-refractivity contribution in [3.05, 3.63) is 63.6 Å². The zero-order chi connectivity index (χ0) is 29.4. The lowest BCUT2D eigenvalue weighted by molar-refractivity contribution is -0.141. The first-order valence-electron chi connectivity index (χ1n) is 13.4. The van der Waals surface area contributed by atoms with Gasteiger partial charge in [-0.05, 0) is 49.9 Å². The number of hydrogen-bond donors (Lipinski definition) is 1. The van der Waals surface area contributed by atoms with Gasteiger partial charge in [0.15, 0.2) is 11.6 Å². The lowest BCUT2D eigenvalue weighted by Gasteiger charge is -2.33. The van der Waals surface area contributed by atoms with Crippen molar-refractivity contribution in [2.45, 2.75) is 76.9 Å². The van der Waals surface area contributed by atoms with Gasteiger partial charge in [-0.15, -0.1) is 0 Å². The van der Waals surface area contributed by atoms with Crippen LogP contribution >= 0.6 is 23.2 Å². The molecule has 2 amide bonds. The Balaban J connectivity index is 1.81. The Morgan fingerprint density at radius 2 is 1.70 bits per heavy atom. The topological polar surface area (TPSA) is 86.8 Å². The van der Waals surface area contributed by atoms with Crippen molar-refractivity contribution in [1.82, 2.24) is 10.2 Å². The molecule has 1 fully saturated rings. The van der Waals surface area contributed by atoms with Crippen molar-refractivity contribution < 1.29 is 26.8 Å². The molecule has 0 bridgehead atoms. The molecule has 0 spiro atoms. The van der Waals surface area contributed by atoms with E-state index in [2.05, 4.69) is 5.32 Å². The second-order valence-corrected chi connectivity index (χ2v) is 12.7. The highest BCUT2D eigenvalue weighted by Crippen LogP contribution is 2.28. The second kappa shape index (κ2) is 14.5. The number of carbonyl (C=O) groups is 2. The Morgan fingerprint density at radius 3 is 2.27 bits per heavy atom. The van der Waals surface area contributed by atoms with E-state index in [4.69, 9.17) is 23.2 Å². The van der Waals surface area contributed by atoms with E-state index in [0.29, 0.717) is 22.0 Å². The van der Waals surface area contributed by atoms with Gasteiger partial charge in [-0.3, -0.25) is 13.9 Å². The summed E-state index contributed by atoms with van der Waals surface area (Å²) in [6, 6.07) is 7.06. The second-order valence-electron chi connectivity index (χ2n) is 10.0. The lowest BCUT2D eigenvalue weighted by Crippen LogP contribution is -2.51. The van der Waals surface area contributed by atoms with E-state index >= 15 is 0 Å². The van der Waals surface area contributed by atoms with E-state index in [0.717, 1.165) is 60.9 Å². The van der Waals surface area contributed by atoms with Crippen molar-refractivity contribution >= 4 is 50.7 Å². The smallest absolute Gasteiger partial charge is 0.243 e. The highest BCUT2D eigenvalue weighted by Gasteiger charge is 2.31. The molecule has 7 nitrogen and oxygen atoms in total. The van der Waals surface area contributed by atoms with Crippen molar-refractivity contribution in [2.24, 2.45) is 0 Å². The number of anilines is 1. The number of amides is 2. The lowest BCUT2D eigenvalue weighted by atomic mass is 9.95. The predicted octanol–water partition coefficient (Wildman–Crippen LogP) is 6.07. The van der Waals surface area contributed by atoms with Gasteiger partial charge < -0.3 is 10.2 Å². The molecule has 1 N–H and O–H groups in total. The fraction of sp³-hybridized carbons (Fsp3) is 0.500. The Hall–Kier alpha value is -2.43. The molecule has 1 aliphatic rings. The molecule has 0 saturated heterocycles. The van der Waals surface area contributed by atoms with Gasteiger partial charge in [0, 0.05) is 47.2 Å². The summed E-state index contributed by atoms with van der Waals surface area (Å²) in [4.78, 5) is 28.4. The number of sulfonamides is 1. The molecule has 220 valence electrons. The molecule has 3 rings (SSSR count). The molecule has 1 saturated carbocycles. The van der Waals surface area contributed by atoms with Crippen LogP contribution in [0.4, 0.5) is 14.5 Å². The van der Waals surface area contributed by atoms with Crippen LogP contribution in [0.5, 0.6) is 0 Å². The van der Waals surface area contributed by atoms with Crippen LogP contribution in [0.1, 0.15) is 63.9 Å². The van der Waals surface area contributed by atoms with Crippen LogP contribution in [0, 0.1) is 11.6 Å². The molecular weight excluding hydrogens is 583 g/mol. The number of hydrogen-bond acceptors (Lipinski definition) is 4. The number of nitrogens with one attached hydrogen (secondary N) is 1. The average molecular weight is 619 g/mol. The van der Waals surface area contributed by atoms with Crippen molar-refractivity contribution in [3.63, 3.8) is 0 Å². The van der Waals surface area contributed by atoms with E-state index in [1.807, 2.05) is 6.92 Å². The van der Waals surface area contributed by atoms with Gasteiger partial charge >= 0.3 is 0 Å². The summed E-state index contributed by atoms with van der Waals surface area (Å²) < 4.78 is 53.0. The summed E-state index contributed by atoms with van der Waals surface area (Å²) in [6.07, 6.45) is 6.23. The molecule has 1 atom stereocenters. The number of benzene rings is 2. The summed E-state index contributed by atoms with van der Waals surface area (Å²) >= 11 is 12.8. The fourth-order valence-electron chi connectivity index (χ4n) is 4.96. The number of rotatable bonds is 12. The molecule has 12 heteroatoms. The number of halogens is 4. The van der Waals surface area contributed by atoms with Crippen LogP contribution < -0.4 is 9.62 Å². The fourth-order valence-corrected chi connectivity index (χ4v) is 6.44. The minimum atomic E-state index is -3.86. The summed E-state index contributed by atoms with van der Waals surface area (Å²) in [5.41, 5.74) is 0.453. The molecule has 0 aromatic heterocycles. The average Bonchev–Trinajstić information content (AvgIpc) is 2.89. The van der Waals surface area contributed by atoms with Gasteiger partial charge in [-0.2, -0.15) is 0 Å². The minimum Gasteiger partial charge on any atom is -0.352 e. The van der Waals surface area contributed by atoms with Gasteiger partial charge in [-0.25, -0.2) is 17.2 Å². The molecule has 1 aliphatic carbocycles. The van der Waals surface area contributed by atoms with Crippen molar-refractivity contribution in [2.75, 3.05) is 17.1 Å². The van der Waals surface area contributed by atoms with E-state index < -0.39 is 27.7 Å². The number of carbonyl (C=O) groups excluding carboxylic acids is 2. The van der Waals surface area contributed by atoms with Gasteiger partial charge in [0.05, 0.1) is 11.9 Å². The first kappa shape index (κ1) is 32.1. The van der Waals surface area contributed by atoms with Crippen molar-refractivity contribution in [3.8, 4) is 0 Å². The monoisotopic (exact) mass is 617 g/mol. The summed E-state index contributed by atoms with van der Waals surface area (Å²) in [5.74, 6) is -2.93. The Kier molecular flexibility index (Phi) is 11.6. The minimum absolute atomic E-state index is 0.00705. The first-order chi connectivity index (χ1) is 18.9. The van der Waals surface area contributed by atoms with Crippen LogP contribution in [0.2, 0.25) is 10.0 Å². The maximum Gasteiger partial charge on any atom is 0.243 e. The van der Waals surface area contributed by atoms with Crippen LogP contribution in [0.25, 0.3) is 0 Å². The SMILES string of the molecule is CC[C@H](C(=O)NC1CCCCC1)N(Cc1c(Cl)cccc1Cl)C(=O)CCCN(c1ccc(F)c(F)c1)S(C)(=O)=O. The molecule has 0 heterocycles. The zero-order valence-corrected chi connectivity index (χ0v) is 25.0. The van der Waals surface area contributed by atoms with Gasteiger partial charge in [0.25, 0.3) is 0 Å². The maximum atomic E-state index is 13.8. The normalized spacial score (nSPS) is 14.9. The van der Waals surface area contributed by atoms with Crippen LogP contribution in [-0.4, -0.2) is 50.0 Å². The molecule has 40 heavy (non-hydrogen) atoms. The molecule has 0 aliphatic heterocycles. The number of nitrogens with zero attached hydrogens (tertiary/aromatic N) is 2. The summed E-state index contributed by atoms with van der Waals surface area (Å²) in [5, 5.41) is 3.81. The largest absolute Gasteiger partial charge is 0.352 e. The zero-order valence-electron chi connectivity index (χ0n) is 22.6. The molecule has 0 radical (unpaired) electrons. The quantitative estimate of drug-likeness (QED) is 0.313. The van der Waals surface area contributed by atoms with E-state index in [-0.39, 0.29) is 49.5 Å². The third kappa shape index (κ3) is 8.54. The third-order valence-corrected chi connectivity index (χ3v) is 8.97.